The van der Waals surface area contributed by atoms with Crippen LogP contribution in [0.5, 0.6) is 0 Å². The SMILES string of the molecule is CC(CO)N(C)C(=O)Cc1ccn[nH]1. The number of aromatic nitrogens is 2. The first-order valence-electron chi connectivity index (χ1n) is 4.50. The van der Waals surface area contributed by atoms with Crippen molar-refractivity contribution in [2.24, 2.45) is 0 Å². The number of aliphatic hydroxyl groups excluding tert-OH is 1. The molecular formula is C9H15N3O2. The van der Waals surface area contributed by atoms with Crippen LogP contribution in [-0.2, 0) is 11.2 Å². The van der Waals surface area contributed by atoms with Crippen molar-refractivity contribution < 1.29 is 9.90 Å². The van der Waals surface area contributed by atoms with E-state index in [1.165, 1.54) is 4.90 Å². The van der Waals surface area contributed by atoms with E-state index in [-0.39, 0.29) is 18.6 Å². The largest absolute Gasteiger partial charge is 0.394 e. The summed E-state index contributed by atoms with van der Waals surface area (Å²) in [5.74, 6) is -0.0317. The van der Waals surface area contributed by atoms with Crippen molar-refractivity contribution in [3.8, 4) is 0 Å². The van der Waals surface area contributed by atoms with Crippen molar-refractivity contribution >= 4 is 5.91 Å². The van der Waals surface area contributed by atoms with Crippen LogP contribution in [0.2, 0.25) is 0 Å². The highest BCUT2D eigenvalue weighted by molar-refractivity contribution is 5.78. The van der Waals surface area contributed by atoms with E-state index in [2.05, 4.69) is 10.2 Å². The summed E-state index contributed by atoms with van der Waals surface area (Å²) in [7, 11) is 1.68. The van der Waals surface area contributed by atoms with Crippen LogP contribution in [0.25, 0.3) is 0 Å². The number of nitrogens with zero attached hydrogens (tertiary/aromatic N) is 2. The summed E-state index contributed by atoms with van der Waals surface area (Å²) in [6, 6.07) is 1.61. The van der Waals surface area contributed by atoms with Gasteiger partial charge in [0.05, 0.1) is 19.1 Å². The Labute approximate surface area is 82.7 Å². The monoisotopic (exact) mass is 197 g/mol. The van der Waals surface area contributed by atoms with Crippen LogP contribution in [0.1, 0.15) is 12.6 Å². The van der Waals surface area contributed by atoms with Gasteiger partial charge < -0.3 is 10.0 Å². The van der Waals surface area contributed by atoms with Crippen LogP contribution >= 0.6 is 0 Å². The molecule has 1 heterocycles. The van der Waals surface area contributed by atoms with Crippen molar-refractivity contribution in [1.82, 2.24) is 15.1 Å². The fourth-order valence-corrected chi connectivity index (χ4v) is 1.04. The number of carbonyl (C=O) groups excluding carboxylic acids is 1. The zero-order chi connectivity index (χ0) is 10.6. The highest BCUT2D eigenvalue weighted by atomic mass is 16.3. The average molecular weight is 197 g/mol. The van der Waals surface area contributed by atoms with E-state index in [1.54, 1.807) is 26.2 Å². The summed E-state index contributed by atoms with van der Waals surface area (Å²) in [6.45, 7) is 1.77. The summed E-state index contributed by atoms with van der Waals surface area (Å²) in [5, 5.41) is 15.3. The molecule has 5 nitrogen and oxygen atoms in total. The van der Waals surface area contributed by atoms with Gasteiger partial charge in [-0.25, -0.2) is 0 Å². The third-order valence-corrected chi connectivity index (χ3v) is 2.22. The zero-order valence-corrected chi connectivity index (χ0v) is 8.40. The Bertz CT molecular complexity index is 284. The van der Waals surface area contributed by atoms with Crippen molar-refractivity contribution in [3.63, 3.8) is 0 Å². The molecule has 0 aliphatic heterocycles. The van der Waals surface area contributed by atoms with Gasteiger partial charge in [-0.1, -0.05) is 0 Å². The number of aliphatic hydroxyl groups is 1. The second-order valence-electron chi connectivity index (χ2n) is 3.29. The molecule has 0 fully saturated rings. The van der Waals surface area contributed by atoms with E-state index < -0.39 is 0 Å². The topological polar surface area (TPSA) is 69.2 Å². The maximum Gasteiger partial charge on any atom is 0.228 e. The molecule has 2 N–H and O–H groups in total. The van der Waals surface area contributed by atoms with Gasteiger partial charge in [0.1, 0.15) is 0 Å². The smallest absolute Gasteiger partial charge is 0.228 e. The molecule has 78 valence electrons. The highest BCUT2D eigenvalue weighted by Gasteiger charge is 2.15. The Balaban J connectivity index is 2.50. The minimum absolute atomic E-state index is 0.0226. The summed E-state index contributed by atoms with van der Waals surface area (Å²) in [4.78, 5) is 13.1. The Kier molecular flexibility index (Phi) is 3.64. The molecule has 0 saturated carbocycles. The predicted molar refractivity (Wildman–Crippen MR) is 51.6 cm³/mol. The molecule has 0 saturated heterocycles. The maximum atomic E-state index is 11.6. The second kappa shape index (κ2) is 4.76. The van der Waals surface area contributed by atoms with E-state index >= 15 is 0 Å². The van der Waals surface area contributed by atoms with Crippen LogP contribution in [0.4, 0.5) is 0 Å². The first-order chi connectivity index (χ1) is 6.65. The Morgan fingerprint density at radius 2 is 2.50 bits per heavy atom. The highest BCUT2D eigenvalue weighted by Crippen LogP contribution is 2.00. The minimum Gasteiger partial charge on any atom is -0.394 e. The fraction of sp³-hybridized carbons (Fsp3) is 0.556. The lowest BCUT2D eigenvalue weighted by atomic mass is 10.2. The second-order valence-corrected chi connectivity index (χ2v) is 3.29. The van der Waals surface area contributed by atoms with Crippen molar-refractivity contribution in [3.05, 3.63) is 18.0 Å². The van der Waals surface area contributed by atoms with E-state index in [9.17, 15) is 4.79 Å². The molecule has 0 bridgehead atoms. The first kappa shape index (κ1) is 10.7. The minimum atomic E-state index is -0.148. The quantitative estimate of drug-likeness (QED) is 0.701. The van der Waals surface area contributed by atoms with Crippen molar-refractivity contribution in [2.75, 3.05) is 13.7 Å². The molecule has 0 aliphatic carbocycles. The number of carbonyl (C=O) groups is 1. The average Bonchev–Trinajstić information content (AvgIpc) is 2.68. The molecule has 14 heavy (non-hydrogen) atoms. The van der Waals surface area contributed by atoms with Crippen LogP contribution in [-0.4, -0.2) is 45.8 Å². The molecule has 1 atom stereocenters. The molecule has 0 aliphatic rings. The Morgan fingerprint density at radius 1 is 1.79 bits per heavy atom. The van der Waals surface area contributed by atoms with Crippen LogP contribution in [0, 0.1) is 0 Å². The number of likely N-dealkylation sites (N-methyl/N-ethyl adjacent to an activating group) is 1. The lowest BCUT2D eigenvalue weighted by Crippen LogP contribution is -2.38. The molecule has 1 rings (SSSR count). The summed E-state index contributed by atoms with van der Waals surface area (Å²) in [6.07, 6.45) is 1.90. The number of aromatic amines is 1. The molecule has 1 unspecified atom stereocenters. The van der Waals surface area contributed by atoms with Gasteiger partial charge in [0, 0.05) is 18.9 Å². The van der Waals surface area contributed by atoms with E-state index in [4.69, 9.17) is 5.11 Å². The van der Waals surface area contributed by atoms with E-state index in [0.717, 1.165) is 5.69 Å². The number of hydrogen-bond acceptors (Lipinski definition) is 3. The molecule has 0 radical (unpaired) electrons. The third-order valence-electron chi connectivity index (χ3n) is 2.22. The Hall–Kier alpha value is -1.36. The number of rotatable bonds is 4. The lowest BCUT2D eigenvalue weighted by Gasteiger charge is -2.22. The molecule has 1 aromatic heterocycles. The molecule has 1 aromatic rings. The van der Waals surface area contributed by atoms with Gasteiger partial charge in [0.2, 0.25) is 5.91 Å². The van der Waals surface area contributed by atoms with Gasteiger partial charge in [-0.15, -0.1) is 0 Å². The molecule has 0 spiro atoms. The number of nitrogens with one attached hydrogen (secondary N) is 1. The van der Waals surface area contributed by atoms with Crippen LogP contribution in [0.15, 0.2) is 12.3 Å². The Morgan fingerprint density at radius 3 is 3.00 bits per heavy atom. The van der Waals surface area contributed by atoms with Crippen LogP contribution < -0.4 is 0 Å². The normalized spacial score (nSPS) is 12.5. The summed E-state index contributed by atoms with van der Waals surface area (Å²) >= 11 is 0. The van der Waals surface area contributed by atoms with Gasteiger partial charge in [0.25, 0.3) is 0 Å². The van der Waals surface area contributed by atoms with Gasteiger partial charge >= 0.3 is 0 Å². The van der Waals surface area contributed by atoms with Gasteiger partial charge in [-0.3, -0.25) is 9.89 Å². The number of hydrogen-bond donors (Lipinski definition) is 2. The molecule has 5 heteroatoms. The molecular weight excluding hydrogens is 182 g/mol. The van der Waals surface area contributed by atoms with Gasteiger partial charge in [-0.05, 0) is 13.0 Å². The molecule has 0 aromatic carbocycles. The van der Waals surface area contributed by atoms with Crippen molar-refractivity contribution in [1.29, 1.82) is 0 Å². The third kappa shape index (κ3) is 2.56. The standard InChI is InChI=1S/C9H15N3O2/c1-7(6-13)12(2)9(14)5-8-3-4-10-11-8/h3-4,7,13H,5-6H2,1-2H3,(H,10,11). The van der Waals surface area contributed by atoms with Crippen LogP contribution in [0.3, 0.4) is 0 Å². The molecule has 1 amide bonds. The number of H-pyrrole nitrogens is 1. The van der Waals surface area contributed by atoms with E-state index in [1.807, 2.05) is 0 Å². The number of amides is 1. The fourth-order valence-electron chi connectivity index (χ4n) is 1.04. The zero-order valence-electron chi connectivity index (χ0n) is 8.40. The lowest BCUT2D eigenvalue weighted by molar-refractivity contribution is -0.131. The van der Waals surface area contributed by atoms with Crippen molar-refractivity contribution in [2.45, 2.75) is 19.4 Å². The summed E-state index contributed by atoms with van der Waals surface area (Å²) < 4.78 is 0. The maximum absolute atomic E-state index is 11.6. The summed E-state index contributed by atoms with van der Waals surface area (Å²) in [5.41, 5.74) is 0.784. The first-order valence-corrected chi connectivity index (χ1v) is 4.50. The van der Waals surface area contributed by atoms with Gasteiger partial charge in [-0.2, -0.15) is 5.10 Å². The predicted octanol–water partition coefficient (Wildman–Crippen LogP) is -0.209. The van der Waals surface area contributed by atoms with Gasteiger partial charge in [0.15, 0.2) is 0 Å². The van der Waals surface area contributed by atoms with E-state index in [0.29, 0.717) is 6.42 Å².